The fraction of sp³-hybridized carbons (Fsp3) is 0.333. The Labute approximate surface area is 209 Å². The van der Waals surface area contributed by atoms with Crippen LogP contribution in [0, 0.1) is 20.8 Å². The summed E-state index contributed by atoms with van der Waals surface area (Å²) in [4.78, 5) is 35.0. The molecule has 1 aromatic carbocycles. The Morgan fingerprint density at radius 2 is 1.75 bits per heavy atom. The molecule has 0 radical (unpaired) electrons. The monoisotopic (exact) mass is 486 g/mol. The summed E-state index contributed by atoms with van der Waals surface area (Å²) in [6, 6.07) is 11.4. The molecule has 0 saturated carbocycles. The van der Waals surface area contributed by atoms with Gasteiger partial charge in [-0.05, 0) is 50.1 Å². The fourth-order valence-electron chi connectivity index (χ4n) is 4.84. The SMILES string of the molecule is Cc1cccc(C)c1NC(=O)CN1CCN(C(=O)c2cc(-c3ccco3)nc3c2c(C)nn3C)CC1. The summed E-state index contributed by atoms with van der Waals surface area (Å²) in [7, 11) is 1.82. The van der Waals surface area contributed by atoms with Gasteiger partial charge >= 0.3 is 0 Å². The van der Waals surface area contributed by atoms with E-state index in [1.165, 1.54) is 0 Å². The van der Waals surface area contributed by atoms with Crippen molar-refractivity contribution in [1.29, 1.82) is 0 Å². The second-order valence-electron chi connectivity index (χ2n) is 9.32. The van der Waals surface area contributed by atoms with E-state index in [-0.39, 0.29) is 11.8 Å². The van der Waals surface area contributed by atoms with Gasteiger partial charge in [-0.2, -0.15) is 5.10 Å². The van der Waals surface area contributed by atoms with Crippen LogP contribution in [0.25, 0.3) is 22.5 Å². The van der Waals surface area contributed by atoms with E-state index < -0.39 is 0 Å². The van der Waals surface area contributed by atoms with Gasteiger partial charge in [0.1, 0.15) is 5.69 Å². The van der Waals surface area contributed by atoms with Crippen molar-refractivity contribution in [2.75, 3.05) is 38.0 Å². The molecular weight excluding hydrogens is 456 g/mol. The zero-order valence-electron chi connectivity index (χ0n) is 21.0. The van der Waals surface area contributed by atoms with E-state index in [2.05, 4.69) is 15.3 Å². The molecule has 0 unspecified atom stereocenters. The van der Waals surface area contributed by atoms with Gasteiger partial charge < -0.3 is 14.6 Å². The Morgan fingerprint density at radius 3 is 2.42 bits per heavy atom. The number of carbonyl (C=O) groups is 2. The largest absolute Gasteiger partial charge is 0.463 e. The number of aryl methyl sites for hydroxylation is 4. The number of rotatable bonds is 5. The lowest BCUT2D eigenvalue weighted by molar-refractivity contribution is -0.117. The summed E-state index contributed by atoms with van der Waals surface area (Å²) >= 11 is 0. The smallest absolute Gasteiger partial charge is 0.254 e. The van der Waals surface area contributed by atoms with Gasteiger partial charge in [0.2, 0.25) is 5.91 Å². The van der Waals surface area contributed by atoms with Crippen LogP contribution in [-0.4, -0.2) is 69.1 Å². The predicted octanol–water partition coefficient (Wildman–Crippen LogP) is 3.55. The van der Waals surface area contributed by atoms with E-state index in [0.717, 1.165) is 27.9 Å². The minimum absolute atomic E-state index is 0.0444. The number of benzene rings is 1. The van der Waals surface area contributed by atoms with Crippen molar-refractivity contribution < 1.29 is 14.0 Å². The normalized spacial score (nSPS) is 14.4. The topological polar surface area (TPSA) is 96.5 Å². The predicted molar refractivity (Wildman–Crippen MR) is 138 cm³/mol. The van der Waals surface area contributed by atoms with Crippen molar-refractivity contribution in [2.24, 2.45) is 7.05 Å². The van der Waals surface area contributed by atoms with E-state index >= 15 is 0 Å². The van der Waals surface area contributed by atoms with E-state index in [9.17, 15) is 9.59 Å². The van der Waals surface area contributed by atoms with Crippen molar-refractivity contribution in [3.05, 3.63) is 65.0 Å². The highest BCUT2D eigenvalue weighted by Crippen LogP contribution is 2.28. The summed E-state index contributed by atoms with van der Waals surface area (Å²) in [6.45, 7) is 8.48. The number of anilines is 1. The van der Waals surface area contributed by atoms with Gasteiger partial charge in [0.15, 0.2) is 11.4 Å². The molecule has 3 aromatic heterocycles. The number of para-hydroxylation sites is 1. The molecule has 1 aliphatic rings. The summed E-state index contributed by atoms with van der Waals surface area (Å²) in [6.07, 6.45) is 1.59. The summed E-state index contributed by atoms with van der Waals surface area (Å²) in [5.74, 6) is 0.493. The number of hydrogen-bond donors (Lipinski definition) is 1. The quantitative estimate of drug-likeness (QED) is 0.464. The van der Waals surface area contributed by atoms with Crippen LogP contribution >= 0.6 is 0 Å². The van der Waals surface area contributed by atoms with Gasteiger partial charge in [-0.25, -0.2) is 4.98 Å². The molecule has 4 heterocycles. The first-order valence-electron chi connectivity index (χ1n) is 12.1. The molecule has 186 valence electrons. The van der Waals surface area contributed by atoms with Gasteiger partial charge in [0.05, 0.1) is 29.5 Å². The average molecular weight is 487 g/mol. The Morgan fingerprint density at radius 1 is 1.03 bits per heavy atom. The molecular formula is C27H30N6O3. The van der Waals surface area contributed by atoms with Crippen LogP contribution in [0.1, 0.15) is 27.2 Å². The Balaban J connectivity index is 1.30. The molecule has 0 spiro atoms. The maximum absolute atomic E-state index is 13.7. The van der Waals surface area contributed by atoms with E-state index in [1.807, 2.05) is 57.0 Å². The lowest BCUT2D eigenvalue weighted by Crippen LogP contribution is -2.50. The number of nitrogens with one attached hydrogen (secondary N) is 1. The third kappa shape index (κ3) is 4.49. The van der Waals surface area contributed by atoms with Crippen LogP contribution in [0.3, 0.4) is 0 Å². The minimum Gasteiger partial charge on any atom is -0.463 e. The Bertz CT molecular complexity index is 1410. The molecule has 9 nitrogen and oxygen atoms in total. The molecule has 0 bridgehead atoms. The number of fused-ring (bicyclic) bond motifs is 1. The van der Waals surface area contributed by atoms with E-state index in [0.29, 0.717) is 55.4 Å². The van der Waals surface area contributed by atoms with Crippen molar-refractivity contribution in [3.8, 4) is 11.5 Å². The van der Waals surface area contributed by atoms with Gasteiger partial charge in [0.25, 0.3) is 5.91 Å². The lowest BCUT2D eigenvalue weighted by Gasteiger charge is -2.34. The Hall–Kier alpha value is -3.98. The summed E-state index contributed by atoms with van der Waals surface area (Å²) < 4.78 is 7.24. The molecule has 1 aliphatic heterocycles. The van der Waals surface area contributed by atoms with Crippen LogP contribution in [0.4, 0.5) is 5.69 Å². The molecule has 0 atom stereocenters. The first kappa shape index (κ1) is 23.7. The number of amides is 2. The second kappa shape index (κ2) is 9.58. The molecule has 1 saturated heterocycles. The molecule has 36 heavy (non-hydrogen) atoms. The molecule has 9 heteroatoms. The molecule has 1 fully saturated rings. The highest BCUT2D eigenvalue weighted by molar-refractivity contribution is 6.07. The highest BCUT2D eigenvalue weighted by atomic mass is 16.3. The number of aromatic nitrogens is 3. The van der Waals surface area contributed by atoms with Crippen molar-refractivity contribution in [3.63, 3.8) is 0 Å². The summed E-state index contributed by atoms with van der Waals surface area (Å²) in [5, 5.41) is 8.30. The first-order chi connectivity index (χ1) is 17.3. The maximum atomic E-state index is 13.7. The van der Waals surface area contributed by atoms with E-state index in [1.54, 1.807) is 23.1 Å². The number of carbonyl (C=O) groups excluding carboxylic acids is 2. The second-order valence-corrected chi connectivity index (χ2v) is 9.32. The van der Waals surface area contributed by atoms with Crippen molar-refractivity contribution >= 4 is 28.5 Å². The molecule has 1 N–H and O–H groups in total. The Kier molecular flexibility index (Phi) is 6.32. The van der Waals surface area contributed by atoms with Gasteiger partial charge in [0, 0.05) is 38.9 Å². The molecule has 2 amide bonds. The van der Waals surface area contributed by atoms with Gasteiger partial charge in [-0.15, -0.1) is 0 Å². The third-order valence-corrected chi connectivity index (χ3v) is 6.74. The standard InChI is InChI=1S/C27H30N6O3/c1-17-7-5-8-18(2)25(17)29-23(34)16-32-10-12-33(13-11-32)27(35)20-15-21(22-9-6-14-36-22)28-26-24(20)19(3)30-31(26)4/h5-9,14-15H,10-13,16H2,1-4H3,(H,29,34). The zero-order valence-corrected chi connectivity index (χ0v) is 21.0. The average Bonchev–Trinajstić information content (AvgIpc) is 3.49. The third-order valence-electron chi connectivity index (χ3n) is 6.74. The first-order valence-corrected chi connectivity index (χ1v) is 12.1. The maximum Gasteiger partial charge on any atom is 0.254 e. The number of furan rings is 1. The van der Waals surface area contributed by atoms with Crippen LogP contribution in [0.5, 0.6) is 0 Å². The number of nitrogens with zero attached hydrogens (tertiary/aromatic N) is 5. The van der Waals surface area contributed by atoms with Crippen LogP contribution in [-0.2, 0) is 11.8 Å². The van der Waals surface area contributed by atoms with E-state index in [4.69, 9.17) is 9.40 Å². The summed E-state index contributed by atoms with van der Waals surface area (Å²) in [5.41, 5.74) is 5.53. The van der Waals surface area contributed by atoms with Gasteiger partial charge in [-0.1, -0.05) is 18.2 Å². The number of pyridine rings is 1. The van der Waals surface area contributed by atoms with Crippen molar-refractivity contribution in [1.82, 2.24) is 24.6 Å². The zero-order chi connectivity index (χ0) is 25.4. The van der Waals surface area contributed by atoms with Gasteiger partial charge in [-0.3, -0.25) is 19.2 Å². The highest BCUT2D eigenvalue weighted by Gasteiger charge is 2.27. The number of hydrogen-bond acceptors (Lipinski definition) is 6. The fourth-order valence-corrected chi connectivity index (χ4v) is 4.84. The minimum atomic E-state index is -0.0639. The van der Waals surface area contributed by atoms with Crippen LogP contribution in [0.2, 0.25) is 0 Å². The number of piperazine rings is 1. The van der Waals surface area contributed by atoms with Crippen molar-refractivity contribution in [2.45, 2.75) is 20.8 Å². The lowest BCUT2D eigenvalue weighted by atomic mass is 10.1. The molecule has 0 aliphatic carbocycles. The van der Waals surface area contributed by atoms with Crippen LogP contribution < -0.4 is 5.32 Å². The van der Waals surface area contributed by atoms with Crippen LogP contribution in [0.15, 0.2) is 47.1 Å². The molecule has 4 aromatic rings. The molecule has 5 rings (SSSR count).